The summed E-state index contributed by atoms with van der Waals surface area (Å²) in [5, 5.41) is 23.2. The average Bonchev–Trinajstić information content (AvgIpc) is 3.41. The van der Waals surface area contributed by atoms with Crippen LogP contribution in [0.5, 0.6) is 0 Å². The Morgan fingerprint density at radius 2 is 0.667 bits per heavy atom. The van der Waals surface area contributed by atoms with E-state index in [9.17, 15) is 19.8 Å². The zero-order valence-electron chi connectivity index (χ0n) is 50.3. The van der Waals surface area contributed by atoms with Crippen molar-refractivity contribution in [3.63, 3.8) is 0 Å². The molecule has 2 unspecified atom stereocenters. The number of unbranched alkanes of at least 4 members (excludes halogenated alkanes) is 45. The van der Waals surface area contributed by atoms with E-state index in [-0.39, 0.29) is 18.5 Å². The van der Waals surface area contributed by atoms with Gasteiger partial charge in [-0.25, -0.2) is 0 Å². The van der Waals surface area contributed by atoms with E-state index in [0.29, 0.717) is 19.4 Å². The van der Waals surface area contributed by atoms with Crippen LogP contribution < -0.4 is 5.32 Å². The molecule has 1 amide bonds. The highest BCUT2D eigenvalue weighted by Crippen LogP contribution is 2.17. The summed E-state index contributed by atoms with van der Waals surface area (Å²) in [6.45, 7) is 4.90. The van der Waals surface area contributed by atoms with Crippen LogP contribution in [0.3, 0.4) is 0 Å². The van der Waals surface area contributed by atoms with Crippen molar-refractivity contribution < 1.29 is 24.5 Å². The minimum absolute atomic E-state index is 0.00248. The average molecular weight is 1050 g/mol. The standard InChI is InChI=1S/C69H129NO5/c1-3-5-7-9-11-13-15-17-19-21-27-30-33-37-41-45-49-53-57-61-67(72)66(65-71)70-68(73)62-58-54-50-46-42-38-34-31-28-25-23-22-24-26-29-32-36-40-44-48-52-56-60-64-75-69(74)63-59-55-51-47-43-39-35-20-18-16-14-12-10-8-6-4-2/h14,16,20,25,28,35,57,61,66-67,71-72H,3-13,15,17-19,21-24,26-27,29-34,36-56,58-60,62-65H2,1-2H3,(H,70,73)/b16-14-,28-25-,35-20-,61-57+. The number of amides is 1. The molecular formula is C69H129NO5. The minimum atomic E-state index is -0.850. The van der Waals surface area contributed by atoms with E-state index in [1.54, 1.807) is 6.08 Å². The van der Waals surface area contributed by atoms with Crippen LogP contribution in [-0.2, 0) is 14.3 Å². The fourth-order valence-corrected chi connectivity index (χ4v) is 10.2. The molecular weight excluding hydrogens is 923 g/mol. The maximum atomic E-state index is 12.5. The topological polar surface area (TPSA) is 95.9 Å². The molecule has 75 heavy (non-hydrogen) atoms. The van der Waals surface area contributed by atoms with Gasteiger partial charge in [-0.15, -0.1) is 0 Å². The van der Waals surface area contributed by atoms with Crippen molar-refractivity contribution in [2.45, 2.75) is 366 Å². The van der Waals surface area contributed by atoms with E-state index in [4.69, 9.17) is 4.74 Å². The Kier molecular flexibility index (Phi) is 62.5. The van der Waals surface area contributed by atoms with Crippen LogP contribution in [-0.4, -0.2) is 47.4 Å². The summed E-state index contributed by atoms with van der Waals surface area (Å²) in [5.74, 6) is -0.0748. The second-order valence-corrected chi connectivity index (χ2v) is 22.8. The first-order chi connectivity index (χ1) is 37.0. The first-order valence-corrected chi connectivity index (χ1v) is 33.4. The number of hydrogen-bond acceptors (Lipinski definition) is 5. The predicted octanol–water partition coefficient (Wildman–Crippen LogP) is 21.3. The molecule has 440 valence electrons. The normalized spacial score (nSPS) is 12.9. The Bertz CT molecular complexity index is 1260. The van der Waals surface area contributed by atoms with Crippen molar-refractivity contribution in [3.8, 4) is 0 Å². The quantitative estimate of drug-likeness (QED) is 0.0320. The SMILES string of the molecule is CCCCCC/C=C\C/C=C\CCCCCCCC(=O)OCCCCCCCCCCCCCC/C=C\CCCCCCCCCC(=O)NC(CO)C(O)/C=C/CCCCCCCCCCCCCCCCCCC. The molecule has 2 atom stereocenters. The third-order valence-electron chi connectivity index (χ3n) is 15.3. The first-order valence-electron chi connectivity index (χ1n) is 33.4. The molecule has 0 saturated heterocycles. The molecule has 0 rings (SSSR count). The van der Waals surface area contributed by atoms with Gasteiger partial charge < -0.3 is 20.3 Å². The van der Waals surface area contributed by atoms with E-state index >= 15 is 0 Å². The number of hydrogen-bond donors (Lipinski definition) is 3. The van der Waals surface area contributed by atoms with Crippen molar-refractivity contribution in [1.29, 1.82) is 0 Å². The number of carbonyl (C=O) groups is 2. The fraction of sp³-hybridized carbons (Fsp3) is 0.855. The lowest BCUT2D eigenvalue weighted by Crippen LogP contribution is -2.45. The Morgan fingerprint density at radius 1 is 0.373 bits per heavy atom. The highest BCUT2D eigenvalue weighted by Gasteiger charge is 2.18. The highest BCUT2D eigenvalue weighted by atomic mass is 16.5. The molecule has 0 fully saturated rings. The summed E-state index contributed by atoms with van der Waals surface area (Å²) < 4.78 is 5.48. The lowest BCUT2D eigenvalue weighted by molar-refractivity contribution is -0.143. The van der Waals surface area contributed by atoms with Gasteiger partial charge in [-0.2, -0.15) is 0 Å². The van der Waals surface area contributed by atoms with Crippen molar-refractivity contribution in [2.24, 2.45) is 0 Å². The van der Waals surface area contributed by atoms with Crippen LogP contribution in [0, 0.1) is 0 Å². The molecule has 0 saturated carbocycles. The summed E-state index contributed by atoms with van der Waals surface area (Å²) in [6, 6.07) is -0.634. The van der Waals surface area contributed by atoms with Crippen LogP contribution >= 0.6 is 0 Å². The van der Waals surface area contributed by atoms with Crippen LogP contribution in [0.25, 0.3) is 0 Å². The molecule has 0 radical (unpaired) electrons. The van der Waals surface area contributed by atoms with Gasteiger partial charge >= 0.3 is 5.97 Å². The highest BCUT2D eigenvalue weighted by molar-refractivity contribution is 5.76. The maximum Gasteiger partial charge on any atom is 0.305 e. The lowest BCUT2D eigenvalue weighted by atomic mass is 10.0. The molecule has 0 bridgehead atoms. The van der Waals surface area contributed by atoms with Gasteiger partial charge in [0, 0.05) is 12.8 Å². The fourth-order valence-electron chi connectivity index (χ4n) is 10.2. The van der Waals surface area contributed by atoms with E-state index in [2.05, 4.69) is 55.6 Å². The monoisotopic (exact) mass is 1050 g/mol. The Labute approximate surface area is 467 Å². The molecule has 0 aromatic carbocycles. The molecule has 3 N–H and O–H groups in total. The Balaban J connectivity index is 3.45. The summed E-state index contributed by atoms with van der Waals surface area (Å²) in [7, 11) is 0. The molecule has 0 spiro atoms. The Morgan fingerprint density at radius 3 is 1.04 bits per heavy atom. The molecule has 0 heterocycles. The molecule has 0 aromatic rings. The Hall–Kier alpha value is -2.18. The van der Waals surface area contributed by atoms with Gasteiger partial charge in [0.1, 0.15) is 0 Å². The van der Waals surface area contributed by atoms with E-state index < -0.39 is 12.1 Å². The number of rotatable bonds is 62. The largest absolute Gasteiger partial charge is 0.466 e. The summed E-state index contributed by atoms with van der Waals surface area (Å²) in [6.07, 6.45) is 83.1. The smallest absolute Gasteiger partial charge is 0.305 e. The van der Waals surface area contributed by atoms with Crippen LogP contribution in [0.2, 0.25) is 0 Å². The van der Waals surface area contributed by atoms with Gasteiger partial charge in [0.25, 0.3) is 0 Å². The molecule has 6 nitrogen and oxygen atoms in total. The second-order valence-electron chi connectivity index (χ2n) is 22.8. The van der Waals surface area contributed by atoms with E-state index in [1.807, 2.05) is 6.08 Å². The number of allylic oxidation sites excluding steroid dienone is 7. The number of ether oxygens (including phenoxy) is 1. The molecule has 0 aromatic heterocycles. The zero-order chi connectivity index (χ0) is 54.3. The second kappa shape index (κ2) is 64.3. The predicted molar refractivity (Wildman–Crippen MR) is 329 cm³/mol. The van der Waals surface area contributed by atoms with Crippen molar-refractivity contribution in [3.05, 3.63) is 48.6 Å². The molecule has 6 heteroatoms. The van der Waals surface area contributed by atoms with Gasteiger partial charge in [-0.3, -0.25) is 9.59 Å². The minimum Gasteiger partial charge on any atom is -0.466 e. The van der Waals surface area contributed by atoms with E-state index in [1.165, 1.54) is 270 Å². The number of esters is 1. The van der Waals surface area contributed by atoms with Gasteiger partial charge in [-0.1, -0.05) is 300 Å². The summed E-state index contributed by atoms with van der Waals surface area (Å²) in [4.78, 5) is 24.6. The van der Waals surface area contributed by atoms with Crippen molar-refractivity contribution in [2.75, 3.05) is 13.2 Å². The molecule has 0 aliphatic rings. The summed E-state index contributed by atoms with van der Waals surface area (Å²) >= 11 is 0. The van der Waals surface area contributed by atoms with Gasteiger partial charge in [0.05, 0.1) is 25.4 Å². The molecule has 0 aliphatic heterocycles. The van der Waals surface area contributed by atoms with Crippen molar-refractivity contribution in [1.82, 2.24) is 5.32 Å². The zero-order valence-corrected chi connectivity index (χ0v) is 50.3. The summed E-state index contributed by atoms with van der Waals surface area (Å²) in [5.41, 5.74) is 0. The van der Waals surface area contributed by atoms with Crippen LogP contribution in [0.4, 0.5) is 0 Å². The maximum absolute atomic E-state index is 12.5. The number of nitrogens with one attached hydrogen (secondary N) is 1. The third kappa shape index (κ3) is 60.9. The third-order valence-corrected chi connectivity index (χ3v) is 15.3. The molecule has 0 aliphatic carbocycles. The van der Waals surface area contributed by atoms with E-state index in [0.717, 1.165) is 57.8 Å². The number of aliphatic hydroxyl groups excluding tert-OH is 2. The van der Waals surface area contributed by atoms with Gasteiger partial charge in [0.15, 0.2) is 0 Å². The van der Waals surface area contributed by atoms with Crippen LogP contribution in [0.15, 0.2) is 48.6 Å². The number of aliphatic hydroxyl groups is 2. The van der Waals surface area contributed by atoms with Gasteiger partial charge in [0.2, 0.25) is 5.91 Å². The van der Waals surface area contributed by atoms with Crippen LogP contribution in [0.1, 0.15) is 354 Å². The number of carbonyl (C=O) groups excluding carboxylic acids is 2. The van der Waals surface area contributed by atoms with Crippen molar-refractivity contribution >= 4 is 11.9 Å². The first kappa shape index (κ1) is 72.8. The van der Waals surface area contributed by atoms with Gasteiger partial charge in [-0.05, 0) is 89.9 Å². The lowest BCUT2D eigenvalue weighted by Gasteiger charge is -2.20.